The standard InChI is InChI=1S/C14H26N2O4S/c1-16(12-6-9-21(18,19)10-12)8-5-11-4-3-7-14(11,15)13(17)20-2/h11-12H,3-10,15H2,1-2H3. The number of nitrogens with zero attached hydrogens (tertiary/aromatic N) is 1. The molecule has 1 heterocycles. The number of carbonyl (C=O) groups excluding carboxylic acids is 1. The van der Waals surface area contributed by atoms with Crippen molar-refractivity contribution in [1.29, 1.82) is 0 Å². The van der Waals surface area contributed by atoms with Crippen molar-refractivity contribution in [3.8, 4) is 0 Å². The van der Waals surface area contributed by atoms with Gasteiger partial charge in [-0.25, -0.2) is 8.42 Å². The summed E-state index contributed by atoms with van der Waals surface area (Å²) in [7, 11) is 0.473. The van der Waals surface area contributed by atoms with E-state index in [2.05, 4.69) is 4.90 Å². The molecule has 1 saturated heterocycles. The smallest absolute Gasteiger partial charge is 0.326 e. The zero-order chi connectivity index (χ0) is 15.7. The second kappa shape index (κ2) is 6.22. The summed E-state index contributed by atoms with van der Waals surface area (Å²) in [6.07, 6.45) is 4.05. The molecule has 21 heavy (non-hydrogen) atoms. The molecule has 1 saturated carbocycles. The van der Waals surface area contributed by atoms with Crippen LogP contribution >= 0.6 is 0 Å². The van der Waals surface area contributed by atoms with Crippen LogP contribution in [-0.2, 0) is 19.4 Å². The van der Waals surface area contributed by atoms with Gasteiger partial charge in [-0.2, -0.15) is 0 Å². The van der Waals surface area contributed by atoms with Gasteiger partial charge in [0, 0.05) is 6.04 Å². The highest BCUT2D eigenvalue weighted by Crippen LogP contribution is 2.37. The molecule has 1 aliphatic carbocycles. The van der Waals surface area contributed by atoms with Gasteiger partial charge in [-0.05, 0) is 45.2 Å². The summed E-state index contributed by atoms with van der Waals surface area (Å²) >= 11 is 0. The highest BCUT2D eigenvalue weighted by atomic mass is 32.2. The number of hydrogen-bond acceptors (Lipinski definition) is 6. The minimum absolute atomic E-state index is 0.0988. The quantitative estimate of drug-likeness (QED) is 0.727. The lowest BCUT2D eigenvalue weighted by Crippen LogP contribution is -2.52. The molecule has 0 aromatic carbocycles. The van der Waals surface area contributed by atoms with Crippen molar-refractivity contribution in [3.63, 3.8) is 0 Å². The lowest BCUT2D eigenvalue weighted by atomic mass is 9.85. The number of rotatable bonds is 5. The van der Waals surface area contributed by atoms with Crippen molar-refractivity contribution in [3.05, 3.63) is 0 Å². The molecule has 3 atom stereocenters. The zero-order valence-electron chi connectivity index (χ0n) is 12.9. The van der Waals surface area contributed by atoms with Gasteiger partial charge in [0.25, 0.3) is 0 Å². The van der Waals surface area contributed by atoms with Crippen LogP contribution in [0.5, 0.6) is 0 Å². The Labute approximate surface area is 126 Å². The van der Waals surface area contributed by atoms with Crippen molar-refractivity contribution in [2.75, 3.05) is 32.2 Å². The number of methoxy groups -OCH3 is 1. The Hall–Kier alpha value is -0.660. The highest BCUT2D eigenvalue weighted by molar-refractivity contribution is 7.91. The summed E-state index contributed by atoms with van der Waals surface area (Å²) in [4.78, 5) is 14.0. The number of carbonyl (C=O) groups is 1. The van der Waals surface area contributed by atoms with Gasteiger partial charge in [-0.15, -0.1) is 0 Å². The fraction of sp³-hybridized carbons (Fsp3) is 0.929. The highest BCUT2D eigenvalue weighted by Gasteiger charge is 2.46. The van der Waals surface area contributed by atoms with Gasteiger partial charge in [0.15, 0.2) is 9.84 Å². The second-order valence-electron chi connectivity index (χ2n) is 6.45. The van der Waals surface area contributed by atoms with Crippen molar-refractivity contribution >= 4 is 15.8 Å². The van der Waals surface area contributed by atoms with Crippen molar-refractivity contribution in [2.45, 2.75) is 43.7 Å². The van der Waals surface area contributed by atoms with Crippen LogP contribution in [0, 0.1) is 5.92 Å². The molecule has 0 aromatic rings. The van der Waals surface area contributed by atoms with Crippen LogP contribution in [0.2, 0.25) is 0 Å². The average molecular weight is 318 g/mol. The molecule has 0 aromatic heterocycles. The van der Waals surface area contributed by atoms with Crippen LogP contribution in [0.25, 0.3) is 0 Å². The lowest BCUT2D eigenvalue weighted by Gasteiger charge is -2.31. The van der Waals surface area contributed by atoms with E-state index in [1.807, 2.05) is 7.05 Å². The summed E-state index contributed by atoms with van der Waals surface area (Å²) in [5.41, 5.74) is 5.39. The first-order chi connectivity index (χ1) is 9.78. The van der Waals surface area contributed by atoms with Crippen LogP contribution in [0.1, 0.15) is 32.1 Å². The molecule has 2 N–H and O–H groups in total. The lowest BCUT2D eigenvalue weighted by molar-refractivity contribution is -0.148. The van der Waals surface area contributed by atoms with E-state index < -0.39 is 15.4 Å². The van der Waals surface area contributed by atoms with E-state index >= 15 is 0 Å². The van der Waals surface area contributed by atoms with Crippen LogP contribution in [-0.4, -0.2) is 63.1 Å². The van der Waals surface area contributed by atoms with Crippen LogP contribution in [0.3, 0.4) is 0 Å². The molecule has 0 radical (unpaired) electrons. The number of hydrogen-bond donors (Lipinski definition) is 1. The largest absolute Gasteiger partial charge is 0.468 e. The van der Waals surface area contributed by atoms with E-state index in [1.54, 1.807) is 0 Å². The van der Waals surface area contributed by atoms with E-state index in [0.29, 0.717) is 12.8 Å². The molecule has 0 amide bonds. The molecule has 0 spiro atoms. The monoisotopic (exact) mass is 318 g/mol. The Morgan fingerprint density at radius 1 is 1.43 bits per heavy atom. The molecule has 6 nitrogen and oxygen atoms in total. The van der Waals surface area contributed by atoms with Gasteiger partial charge in [-0.3, -0.25) is 4.79 Å². The molecule has 2 fully saturated rings. The number of esters is 1. The SMILES string of the molecule is COC(=O)C1(N)CCCC1CCN(C)C1CCS(=O)(=O)C1. The minimum atomic E-state index is -2.86. The molecule has 0 bridgehead atoms. The Kier molecular flexibility index (Phi) is 4.95. The first-order valence-corrected chi connectivity index (χ1v) is 9.38. The third kappa shape index (κ3) is 3.57. The van der Waals surface area contributed by atoms with E-state index in [4.69, 9.17) is 10.5 Å². The zero-order valence-corrected chi connectivity index (χ0v) is 13.7. The van der Waals surface area contributed by atoms with Crippen LogP contribution in [0.15, 0.2) is 0 Å². The van der Waals surface area contributed by atoms with E-state index in [0.717, 1.165) is 25.8 Å². The Morgan fingerprint density at radius 2 is 2.14 bits per heavy atom. The fourth-order valence-corrected chi connectivity index (χ4v) is 5.43. The predicted octanol–water partition coefficient (Wildman–Crippen LogP) is 0.166. The van der Waals surface area contributed by atoms with Gasteiger partial charge in [0.2, 0.25) is 0 Å². The normalized spacial score (nSPS) is 35.2. The van der Waals surface area contributed by atoms with Gasteiger partial charge < -0.3 is 15.4 Å². The molecule has 3 unspecified atom stereocenters. The molecule has 1 aliphatic heterocycles. The maximum Gasteiger partial charge on any atom is 0.326 e. The van der Waals surface area contributed by atoms with E-state index in [9.17, 15) is 13.2 Å². The number of nitrogens with two attached hydrogens (primary N) is 1. The van der Waals surface area contributed by atoms with Gasteiger partial charge in [-0.1, -0.05) is 6.42 Å². The summed E-state index contributed by atoms with van der Waals surface area (Å²) in [6, 6.07) is 0.0988. The molecule has 2 rings (SSSR count). The third-order valence-corrected chi connectivity index (χ3v) is 6.85. The Morgan fingerprint density at radius 3 is 2.71 bits per heavy atom. The van der Waals surface area contributed by atoms with Gasteiger partial charge >= 0.3 is 5.97 Å². The summed E-state index contributed by atoms with van der Waals surface area (Å²) in [6.45, 7) is 0.765. The first-order valence-electron chi connectivity index (χ1n) is 7.56. The molecule has 2 aliphatic rings. The summed E-state index contributed by atoms with van der Waals surface area (Å²) in [5.74, 6) is 0.328. The van der Waals surface area contributed by atoms with Crippen LogP contribution in [0.4, 0.5) is 0 Å². The topological polar surface area (TPSA) is 89.7 Å². The van der Waals surface area contributed by atoms with Crippen molar-refractivity contribution in [2.24, 2.45) is 11.7 Å². The summed E-state index contributed by atoms with van der Waals surface area (Å²) < 4.78 is 27.9. The predicted molar refractivity (Wildman–Crippen MR) is 80.6 cm³/mol. The number of sulfone groups is 1. The second-order valence-corrected chi connectivity index (χ2v) is 8.68. The third-order valence-electron chi connectivity index (χ3n) is 5.10. The maximum atomic E-state index is 11.9. The van der Waals surface area contributed by atoms with E-state index in [1.165, 1.54) is 7.11 Å². The van der Waals surface area contributed by atoms with E-state index in [-0.39, 0.29) is 29.4 Å². The molecule has 122 valence electrons. The molecular weight excluding hydrogens is 292 g/mol. The molecule has 7 heteroatoms. The van der Waals surface area contributed by atoms with Gasteiger partial charge in [0.05, 0.1) is 18.6 Å². The molecular formula is C14H26N2O4S. The first kappa shape index (κ1) is 16.7. The average Bonchev–Trinajstić information content (AvgIpc) is 2.99. The maximum absolute atomic E-state index is 11.9. The van der Waals surface area contributed by atoms with Gasteiger partial charge in [0.1, 0.15) is 5.54 Å². The van der Waals surface area contributed by atoms with Crippen LogP contribution < -0.4 is 5.73 Å². The van der Waals surface area contributed by atoms with Crippen molar-refractivity contribution in [1.82, 2.24) is 4.90 Å². The Bertz CT molecular complexity index is 493. The fourth-order valence-electron chi connectivity index (χ4n) is 3.63. The number of ether oxygens (including phenoxy) is 1. The summed E-state index contributed by atoms with van der Waals surface area (Å²) in [5, 5.41) is 0. The minimum Gasteiger partial charge on any atom is -0.468 e. The Balaban J connectivity index is 1.89. The van der Waals surface area contributed by atoms with Crippen molar-refractivity contribution < 1.29 is 17.9 Å².